The van der Waals surface area contributed by atoms with Crippen LogP contribution in [0, 0.1) is 5.92 Å². The second-order valence-corrected chi connectivity index (χ2v) is 8.43. The van der Waals surface area contributed by atoms with E-state index in [9.17, 15) is 4.79 Å². The first kappa shape index (κ1) is 20.7. The average molecular weight is 426 g/mol. The van der Waals surface area contributed by atoms with Crippen LogP contribution >= 0.6 is 12.2 Å². The van der Waals surface area contributed by atoms with Gasteiger partial charge in [-0.05, 0) is 54.7 Å². The Bertz CT molecular complexity index is 1000. The van der Waals surface area contributed by atoms with Crippen molar-refractivity contribution in [1.29, 1.82) is 0 Å². The van der Waals surface area contributed by atoms with E-state index in [0.29, 0.717) is 5.82 Å². The van der Waals surface area contributed by atoms with Gasteiger partial charge in [-0.25, -0.2) is 4.98 Å². The fourth-order valence-corrected chi connectivity index (χ4v) is 3.65. The highest BCUT2D eigenvalue weighted by atomic mass is 32.2. The predicted octanol–water partition coefficient (Wildman–Crippen LogP) is 5.22. The number of nitrogens with one attached hydrogen (secondary N) is 3. The smallest absolute Gasteiger partial charge is 0.228 e. The highest BCUT2D eigenvalue weighted by molar-refractivity contribution is 7.92. The summed E-state index contributed by atoms with van der Waals surface area (Å²) in [6.45, 7) is 2.88. The van der Waals surface area contributed by atoms with Gasteiger partial charge < -0.3 is 15.7 Å². The number of aromatic amines is 1. The molecule has 0 unspecified atom stereocenters. The van der Waals surface area contributed by atoms with Gasteiger partial charge in [0.2, 0.25) is 5.91 Å². The molecule has 1 fully saturated rings. The molecular formula is C22H27N5O2S. The molecule has 30 heavy (non-hydrogen) atoms. The maximum Gasteiger partial charge on any atom is 0.228 e. The van der Waals surface area contributed by atoms with Crippen molar-refractivity contribution in [3.05, 3.63) is 42.6 Å². The molecule has 0 radical (unpaired) electrons. The van der Waals surface area contributed by atoms with Crippen molar-refractivity contribution in [2.75, 3.05) is 24.4 Å². The topological polar surface area (TPSA) is 82.3 Å². The lowest BCUT2D eigenvalue weighted by molar-refractivity contribution is -0.117. The van der Waals surface area contributed by atoms with Crippen molar-refractivity contribution < 1.29 is 8.98 Å². The summed E-state index contributed by atoms with van der Waals surface area (Å²) in [5.74, 6) is 0.778. The number of amides is 1. The first-order valence-corrected chi connectivity index (χ1v) is 11.0. The standard InChI is InChI=1S/C22H27N5O2S/c1-3-4-13-29-30-27(2)26-17-9-7-15(8-10-17)19-14-20(25-22(28)16-5-6-16)24-21-18(19)11-12-23-21/h7-12,14,16,26H,3-6,13H2,1-2H3,(H2,23,24,25,28). The molecule has 0 saturated heterocycles. The number of fused-ring (bicyclic) bond motifs is 1. The Hall–Kier alpha value is -2.55. The number of rotatable bonds is 10. The van der Waals surface area contributed by atoms with Crippen molar-refractivity contribution in [2.45, 2.75) is 32.6 Å². The number of pyridine rings is 1. The number of nitrogens with zero attached hydrogens (tertiary/aromatic N) is 2. The minimum atomic E-state index is 0.0561. The van der Waals surface area contributed by atoms with Crippen LogP contribution in [-0.4, -0.2) is 33.9 Å². The van der Waals surface area contributed by atoms with E-state index in [1.54, 1.807) is 0 Å². The lowest BCUT2D eigenvalue weighted by Gasteiger charge is -2.17. The zero-order valence-corrected chi connectivity index (χ0v) is 18.1. The summed E-state index contributed by atoms with van der Waals surface area (Å²) >= 11 is 1.30. The van der Waals surface area contributed by atoms with Gasteiger partial charge in [-0.3, -0.25) is 8.98 Å². The van der Waals surface area contributed by atoms with Crippen LogP contribution in [0.2, 0.25) is 0 Å². The van der Waals surface area contributed by atoms with Gasteiger partial charge in [0.25, 0.3) is 0 Å². The average Bonchev–Trinajstić information content (AvgIpc) is 3.49. The monoisotopic (exact) mass is 425 g/mol. The zero-order valence-electron chi connectivity index (χ0n) is 17.3. The lowest BCUT2D eigenvalue weighted by Crippen LogP contribution is -2.17. The molecule has 2 aromatic heterocycles. The molecule has 1 saturated carbocycles. The molecule has 4 rings (SSSR count). The first-order valence-electron chi connectivity index (χ1n) is 10.3. The van der Waals surface area contributed by atoms with Crippen molar-refractivity contribution in [1.82, 2.24) is 14.4 Å². The molecule has 1 aromatic carbocycles. The minimum Gasteiger partial charge on any atom is -0.346 e. The van der Waals surface area contributed by atoms with Crippen molar-refractivity contribution >= 4 is 40.7 Å². The highest BCUT2D eigenvalue weighted by Gasteiger charge is 2.30. The highest BCUT2D eigenvalue weighted by Crippen LogP contribution is 2.33. The van der Waals surface area contributed by atoms with Gasteiger partial charge in [0.15, 0.2) is 0 Å². The molecule has 1 amide bonds. The Kier molecular flexibility index (Phi) is 6.56. The van der Waals surface area contributed by atoms with Gasteiger partial charge in [0.1, 0.15) is 23.7 Å². The third kappa shape index (κ3) is 5.13. The fraction of sp³-hybridized carbons (Fsp3) is 0.364. The third-order valence-electron chi connectivity index (χ3n) is 4.96. The van der Waals surface area contributed by atoms with Gasteiger partial charge in [0.05, 0.1) is 6.61 Å². The van der Waals surface area contributed by atoms with E-state index >= 15 is 0 Å². The number of aromatic nitrogens is 2. The van der Waals surface area contributed by atoms with Crippen LogP contribution in [0.3, 0.4) is 0 Å². The summed E-state index contributed by atoms with van der Waals surface area (Å²) in [7, 11) is 1.92. The summed E-state index contributed by atoms with van der Waals surface area (Å²) < 4.78 is 7.38. The van der Waals surface area contributed by atoms with Gasteiger partial charge >= 0.3 is 0 Å². The summed E-state index contributed by atoms with van der Waals surface area (Å²) in [4.78, 5) is 19.9. The van der Waals surface area contributed by atoms with E-state index < -0.39 is 0 Å². The second kappa shape index (κ2) is 9.51. The molecular weight excluding hydrogens is 398 g/mol. The van der Waals surface area contributed by atoms with Crippen LogP contribution in [0.15, 0.2) is 42.6 Å². The minimum absolute atomic E-state index is 0.0561. The number of H-pyrrole nitrogens is 1. The number of hydrazine groups is 1. The fourth-order valence-electron chi connectivity index (χ4n) is 3.16. The van der Waals surface area contributed by atoms with E-state index in [1.165, 1.54) is 12.2 Å². The molecule has 0 aliphatic heterocycles. The van der Waals surface area contributed by atoms with Gasteiger partial charge in [-0.2, -0.15) is 0 Å². The number of hydrogen-bond acceptors (Lipinski definition) is 6. The second-order valence-electron chi connectivity index (χ2n) is 7.50. The largest absolute Gasteiger partial charge is 0.346 e. The number of carbonyl (C=O) groups is 1. The normalized spacial score (nSPS) is 13.7. The van der Waals surface area contributed by atoms with Crippen LogP contribution in [0.4, 0.5) is 11.5 Å². The third-order valence-corrected chi connectivity index (χ3v) is 5.54. The lowest BCUT2D eigenvalue weighted by atomic mass is 10.0. The van der Waals surface area contributed by atoms with Crippen LogP contribution in [-0.2, 0) is 8.98 Å². The zero-order chi connectivity index (χ0) is 20.9. The molecule has 0 bridgehead atoms. The van der Waals surface area contributed by atoms with Crippen LogP contribution in [0.5, 0.6) is 0 Å². The van der Waals surface area contributed by atoms with E-state index in [-0.39, 0.29) is 11.8 Å². The molecule has 3 aromatic rings. The molecule has 1 aliphatic carbocycles. The van der Waals surface area contributed by atoms with Gasteiger partial charge in [-0.15, -0.1) is 4.41 Å². The van der Waals surface area contributed by atoms with E-state index in [4.69, 9.17) is 4.18 Å². The summed E-state index contributed by atoms with van der Waals surface area (Å²) in [6.07, 6.45) is 5.98. The SMILES string of the molecule is CCCCOSN(C)Nc1ccc(-c2cc(NC(=O)C3CC3)nc3[nH]ccc23)cc1. The van der Waals surface area contributed by atoms with Gasteiger partial charge in [0, 0.05) is 30.2 Å². The molecule has 2 heterocycles. The van der Waals surface area contributed by atoms with Crippen molar-refractivity contribution in [3.63, 3.8) is 0 Å². The maximum atomic E-state index is 12.2. The van der Waals surface area contributed by atoms with E-state index in [0.717, 1.165) is 60.1 Å². The molecule has 0 atom stereocenters. The Morgan fingerprint density at radius 1 is 1.30 bits per heavy atom. The summed E-state index contributed by atoms with van der Waals surface area (Å²) in [5.41, 5.74) is 7.11. The molecule has 3 N–H and O–H groups in total. The number of anilines is 2. The molecule has 0 spiro atoms. The van der Waals surface area contributed by atoms with Crippen molar-refractivity contribution in [2.24, 2.45) is 5.92 Å². The van der Waals surface area contributed by atoms with Gasteiger partial charge in [-0.1, -0.05) is 25.5 Å². The molecule has 158 valence electrons. The summed E-state index contributed by atoms with van der Waals surface area (Å²) in [6, 6.07) is 12.1. The molecule has 1 aliphatic rings. The van der Waals surface area contributed by atoms with Crippen molar-refractivity contribution in [3.8, 4) is 11.1 Å². The van der Waals surface area contributed by atoms with Crippen LogP contribution in [0.25, 0.3) is 22.2 Å². The Morgan fingerprint density at radius 2 is 2.10 bits per heavy atom. The molecule has 7 nitrogen and oxygen atoms in total. The number of hydrogen-bond donors (Lipinski definition) is 3. The number of carbonyl (C=O) groups excluding carboxylic acids is 1. The van der Waals surface area contributed by atoms with Crippen LogP contribution < -0.4 is 10.7 Å². The molecule has 8 heteroatoms. The Balaban J connectivity index is 1.47. The predicted molar refractivity (Wildman–Crippen MR) is 123 cm³/mol. The Labute approximate surface area is 180 Å². The van der Waals surface area contributed by atoms with E-state index in [2.05, 4.69) is 39.8 Å². The first-order chi connectivity index (χ1) is 14.6. The summed E-state index contributed by atoms with van der Waals surface area (Å²) in [5, 5.41) is 3.98. The van der Waals surface area contributed by atoms with Crippen LogP contribution in [0.1, 0.15) is 32.6 Å². The van der Waals surface area contributed by atoms with E-state index in [1.807, 2.05) is 41.9 Å². The number of unbranched alkanes of at least 4 members (excludes halogenated alkanes) is 1. The number of benzene rings is 1. The Morgan fingerprint density at radius 3 is 2.83 bits per heavy atom. The maximum absolute atomic E-state index is 12.2. The quantitative estimate of drug-likeness (QED) is 0.179.